The molecule has 1 N–H and O–H groups in total. The molecular formula is C16H25N3O3S. The number of hydrogen-bond donors (Lipinski definition) is 1. The first-order valence-corrected chi connectivity index (χ1v) is 9.30. The minimum Gasteiger partial charge on any atom is -0.325 e. The van der Waals surface area contributed by atoms with Gasteiger partial charge in [-0.2, -0.15) is 4.31 Å². The van der Waals surface area contributed by atoms with Crippen molar-refractivity contribution in [3.63, 3.8) is 0 Å². The van der Waals surface area contributed by atoms with Gasteiger partial charge in [0, 0.05) is 18.8 Å². The Morgan fingerprint density at radius 1 is 1.22 bits per heavy atom. The van der Waals surface area contributed by atoms with E-state index >= 15 is 0 Å². The van der Waals surface area contributed by atoms with Gasteiger partial charge >= 0.3 is 0 Å². The third kappa shape index (κ3) is 4.53. The number of piperidine rings is 1. The van der Waals surface area contributed by atoms with Gasteiger partial charge in [-0.1, -0.05) is 12.5 Å². The molecule has 6 nitrogen and oxygen atoms in total. The van der Waals surface area contributed by atoms with Crippen molar-refractivity contribution in [3.8, 4) is 0 Å². The van der Waals surface area contributed by atoms with Crippen molar-refractivity contribution in [1.29, 1.82) is 0 Å². The van der Waals surface area contributed by atoms with Crippen LogP contribution in [0.2, 0.25) is 0 Å². The van der Waals surface area contributed by atoms with E-state index in [1.165, 1.54) is 4.31 Å². The molecule has 0 spiro atoms. The molecule has 0 aromatic heterocycles. The quantitative estimate of drug-likeness (QED) is 0.886. The zero-order chi connectivity index (χ0) is 17.0. The summed E-state index contributed by atoms with van der Waals surface area (Å²) in [5.74, 6) is -0.161. The third-order valence-electron chi connectivity index (χ3n) is 3.90. The highest BCUT2D eigenvalue weighted by atomic mass is 32.2. The van der Waals surface area contributed by atoms with Crippen LogP contribution in [-0.4, -0.2) is 57.3 Å². The Bertz CT molecular complexity index is 665. The van der Waals surface area contributed by atoms with Crippen LogP contribution in [0.3, 0.4) is 0 Å². The lowest BCUT2D eigenvalue weighted by Gasteiger charge is -2.26. The molecule has 2 rings (SSSR count). The van der Waals surface area contributed by atoms with Crippen molar-refractivity contribution < 1.29 is 13.2 Å². The second-order valence-corrected chi connectivity index (χ2v) is 8.17. The Hall–Kier alpha value is -1.44. The summed E-state index contributed by atoms with van der Waals surface area (Å²) < 4.78 is 27.0. The van der Waals surface area contributed by atoms with E-state index in [0.717, 1.165) is 24.8 Å². The lowest BCUT2D eigenvalue weighted by molar-refractivity contribution is -0.116. The first-order valence-electron chi connectivity index (χ1n) is 7.86. The van der Waals surface area contributed by atoms with Crippen molar-refractivity contribution in [2.24, 2.45) is 0 Å². The Labute approximate surface area is 138 Å². The second-order valence-electron chi connectivity index (χ2n) is 6.23. The summed E-state index contributed by atoms with van der Waals surface area (Å²) in [6.07, 6.45) is 2.88. The van der Waals surface area contributed by atoms with Crippen LogP contribution in [0.15, 0.2) is 23.1 Å². The molecule has 0 bridgehead atoms. The van der Waals surface area contributed by atoms with E-state index in [1.54, 1.807) is 23.1 Å². The van der Waals surface area contributed by atoms with Crippen LogP contribution in [0.25, 0.3) is 0 Å². The molecule has 1 aromatic carbocycles. The second kappa shape index (κ2) is 7.42. The number of benzene rings is 1. The standard InChI is InChI=1S/C16H25N3O3S/c1-13-7-8-14(11-15(13)17-16(20)12-18(2)3)23(21,22)19-9-5-4-6-10-19/h7-8,11H,4-6,9-10,12H2,1-3H3,(H,17,20). The zero-order valence-corrected chi connectivity index (χ0v) is 14.8. The molecule has 0 saturated carbocycles. The summed E-state index contributed by atoms with van der Waals surface area (Å²) in [5.41, 5.74) is 1.39. The first kappa shape index (κ1) is 17.9. The summed E-state index contributed by atoms with van der Waals surface area (Å²) in [6.45, 7) is 3.24. The highest BCUT2D eigenvalue weighted by Crippen LogP contribution is 2.25. The highest BCUT2D eigenvalue weighted by molar-refractivity contribution is 7.89. The molecule has 1 fully saturated rings. The van der Waals surface area contributed by atoms with Gasteiger partial charge in [0.25, 0.3) is 0 Å². The molecule has 1 aliphatic rings. The fourth-order valence-corrected chi connectivity index (χ4v) is 4.17. The number of hydrogen-bond acceptors (Lipinski definition) is 4. The monoisotopic (exact) mass is 339 g/mol. The molecular weight excluding hydrogens is 314 g/mol. The third-order valence-corrected chi connectivity index (χ3v) is 5.79. The maximum Gasteiger partial charge on any atom is 0.243 e. The summed E-state index contributed by atoms with van der Waals surface area (Å²) in [4.78, 5) is 13.9. The summed E-state index contributed by atoms with van der Waals surface area (Å²) in [7, 11) is 0.130. The number of nitrogens with one attached hydrogen (secondary N) is 1. The molecule has 23 heavy (non-hydrogen) atoms. The van der Waals surface area contributed by atoms with Crippen LogP contribution in [0, 0.1) is 6.92 Å². The van der Waals surface area contributed by atoms with E-state index in [1.807, 2.05) is 21.0 Å². The van der Waals surface area contributed by atoms with E-state index in [-0.39, 0.29) is 17.3 Å². The van der Waals surface area contributed by atoms with Crippen molar-refractivity contribution in [2.45, 2.75) is 31.1 Å². The molecule has 1 aromatic rings. The van der Waals surface area contributed by atoms with E-state index in [2.05, 4.69) is 5.32 Å². The van der Waals surface area contributed by atoms with E-state index in [9.17, 15) is 13.2 Å². The molecule has 1 saturated heterocycles. The molecule has 7 heteroatoms. The zero-order valence-electron chi connectivity index (χ0n) is 14.0. The predicted molar refractivity (Wildman–Crippen MR) is 91.0 cm³/mol. The SMILES string of the molecule is Cc1ccc(S(=O)(=O)N2CCCCC2)cc1NC(=O)CN(C)C. The lowest BCUT2D eigenvalue weighted by Crippen LogP contribution is -2.35. The number of aryl methyl sites for hydroxylation is 1. The van der Waals surface area contributed by atoms with E-state index in [0.29, 0.717) is 18.8 Å². The fourth-order valence-electron chi connectivity index (χ4n) is 2.63. The van der Waals surface area contributed by atoms with Crippen molar-refractivity contribution in [1.82, 2.24) is 9.21 Å². The molecule has 0 unspecified atom stereocenters. The lowest BCUT2D eigenvalue weighted by atomic mass is 10.2. The normalized spacial score (nSPS) is 16.5. The molecule has 128 valence electrons. The molecule has 0 radical (unpaired) electrons. The number of nitrogens with zero attached hydrogens (tertiary/aromatic N) is 2. The predicted octanol–water partition coefficient (Wildman–Crippen LogP) is 1.67. The Balaban J connectivity index is 2.23. The largest absolute Gasteiger partial charge is 0.325 e. The Kier molecular flexibility index (Phi) is 5.78. The maximum absolute atomic E-state index is 12.7. The number of rotatable bonds is 5. The van der Waals surface area contributed by atoms with Crippen LogP contribution in [0.1, 0.15) is 24.8 Å². The van der Waals surface area contributed by atoms with Gasteiger partial charge in [0.15, 0.2) is 0 Å². The van der Waals surface area contributed by atoms with Crippen LogP contribution in [-0.2, 0) is 14.8 Å². The number of carbonyl (C=O) groups excluding carboxylic acids is 1. The minimum atomic E-state index is -3.49. The topological polar surface area (TPSA) is 69.7 Å². The van der Waals surface area contributed by atoms with Crippen LogP contribution < -0.4 is 5.32 Å². The molecule has 1 heterocycles. The number of likely N-dealkylation sites (N-methyl/N-ethyl adjacent to an activating group) is 1. The number of sulfonamides is 1. The molecule has 1 aliphatic heterocycles. The number of carbonyl (C=O) groups is 1. The van der Waals surface area contributed by atoms with Crippen LogP contribution >= 0.6 is 0 Å². The summed E-state index contributed by atoms with van der Waals surface area (Å²) in [5, 5.41) is 2.79. The molecule has 0 atom stereocenters. The maximum atomic E-state index is 12.7. The smallest absolute Gasteiger partial charge is 0.243 e. The average molecular weight is 339 g/mol. The summed E-state index contributed by atoms with van der Waals surface area (Å²) in [6, 6.07) is 4.91. The van der Waals surface area contributed by atoms with Gasteiger partial charge in [0.1, 0.15) is 0 Å². The Morgan fingerprint density at radius 3 is 2.48 bits per heavy atom. The van der Waals surface area contributed by atoms with Crippen LogP contribution in [0.5, 0.6) is 0 Å². The number of amides is 1. The summed E-state index contributed by atoms with van der Waals surface area (Å²) >= 11 is 0. The molecule has 1 amide bonds. The average Bonchev–Trinajstić information content (AvgIpc) is 2.49. The van der Waals surface area contributed by atoms with Gasteiger partial charge in [0.2, 0.25) is 15.9 Å². The van der Waals surface area contributed by atoms with Gasteiger partial charge < -0.3 is 10.2 Å². The Morgan fingerprint density at radius 2 is 1.87 bits per heavy atom. The van der Waals surface area contributed by atoms with Crippen molar-refractivity contribution >= 4 is 21.6 Å². The van der Waals surface area contributed by atoms with Gasteiger partial charge in [-0.05, 0) is 51.6 Å². The number of anilines is 1. The minimum absolute atomic E-state index is 0.161. The van der Waals surface area contributed by atoms with Crippen LogP contribution in [0.4, 0.5) is 5.69 Å². The fraction of sp³-hybridized carbons (Fsp3) is 0.562. The first-order chi connectivity index (χ1) is 10.8. The van der Waals surface area contributed by atoms with Gasteiger partial charge in [-0.3, -0.25) is 4.79 Å². The van der Waals surface area contributed by atoms with Gasteiger partial charge in [-0.25, -0.2) is 8.42 Å². The van der Waals surface area contributed by atoms with E-state index in [4.69, 9.17) is 0 Å². The highest BCUT2D eigenvalue weighted by Gasteiger charge is 2.26. The van der Waals surface area contributed by atoms with E-state index < -0.39 is 10.0 Å². The van der Waals surface area contributed by atoms with Crippen molar-refractivity contribution in [3.05, 3.63) is 23.8 Å². The van der Waals surface area contributed by atoms with Crippen molar-refractivity contribution in [2.75, 3.05) is 39.0 Å². The van der Waals surface area contributed by atoms with Gasteiger partial charge in [-0.15, -0.1) is 0 Å². The van der Waals surface area contributed by atoms with Gasteiger partial charge in [0.05, 0.1) is 11.4 Å². The molecule has 0 aliphatic carbocycles.